The van der Waals surface area contributed by atoms with Gasteiger partial charge in [0.05, 0.1) is 27.9 Å². The van der Waals surface area contributed by atoms with Gasteiger partial charge in [0.25, 0.3) is 0 Å². The van der Waals surface area contributed by atoms with Crippen molar-refractivity contribution in [2.24, 2.45) is 0 Å². The van der Waals surface area contributed by atoms with Gasteiger partial charge in [0.2, 0.25) is 5.75 Å². The maximum absolute atomic E-state index is 5.47. The van der Waals surface area contributed by atoms with Crippen LogP contribution in [-0.2, 0) is 6.42 Å². The predicted molar refractivity (Wildman–Crippen MR) is 107 cm³/mol. The van der Waals surface area contributed by atoms with Crippen LogP contribution in [0.3, 0.4) is 0 Å². The molecule has 5 heteroatoms. The quantitative estimate of drug-likeness (QED) is 0.751. The van der Waals surface area contributed by atoms with E-state index in [0.717, 1.165) is 24.5 Å². The van der Waals surface area contributed by atoms with E-state index < -0.39 is 0 Å². The Hall–Kier alpha value is -2.24. The minimum Gasteiger partial charge on any atom is -0.493 e. The first-order valence-corrected chi connectivity index (χ1v) is 9.68. The Morgan fingerprint density at radius 1 is 0.815 bits per heavy atom. The van der Waals surface area contributed by atoms with E-state index in [1.165, 1.54) is 43.0 Å². The van der Waals surface area contributed by atoms with Gasteiger partial charge < -0.3 is 19.1 Å². The standard InChI is InChI=1S/C22H30N2O3/c1-17-5-7-19(8-6-17)24-13-11-23(12-14-24)10-9-18-15-20(25-2)22(27-4)21(16-18)26-3/h5-8,15-16H,9-14H2,1-4H3/p+2. The monoisotopic (exact) mass is 372 g/mol. The lowest BCUT2D eigenvalue weighted by atomic mass is 10.1. The second-order valence-corrected chi connectivity index (χ2v) is 7.25. The largest absolute Gasteiger partial charge is 0.493 e. The average Bonchev–Trinajstić information content (AvgIpc) is 2.72. The van der Waals surface area contributed by atoms with Crippen molar-refractivity contribution in [1.29, 1.82) is 0 Å². The molecule has 3 rings (SSSR count). The Morgan fingerprint density at radius 3 is 1.93 bits per heavy atom. The van der Waals surface area contributed by atoms with Gasteiger partial charge >= 0.3 is 0 Å². The first-order valence-electron chi connectivity index (χ1n) is 9.68. The van der Waals surface area contributed by atoms with Crippen molar-refractivity contribution in [1.82, 2.24) is 0 Å². The molecule has 2 aromatic carbocycles. The fraction of sp³-hybridized carbons (Fsp3) is 0.455. The highest BCUT2D eigenvalue weighted by atomic mass is 16.5. The van der Waals surface area contributed by atoms with Gasteiger partial charge in [-0.3, -0.25) is 4.90 Å². The van der Waals surface area contributed by atoms with Crippen molar-refractivity contribution < 1.29 is 24.0 Å². The summed E-state index contributed by atoms with van der Waals surface area (Å²) in [6.45, 7) is 8.05. The molecule has 1 aliphatic rings. The minimum absolute atomic E-state index is 0.659. The number of rotatable bonds is 7. The molecular formula is C22H32N2O3+2. The number of ether oxygens (including phenoxy) is 3. The molecule has 0 unspecified atom stereocenters. The van der Waals surface area contributed by atoms with Crippen molar-refractivity contribution >= 4 is 5.69 Å². The molecule has 0 saturated carbocycles. The zero-order valence-corrected chi connectivity index (χ0v) is 16.9. The molecular weight excluding hydrogens is 340 g/mol. The smallest absolute Gasteiger partial charge is 0.203 e. The number of nitrogens with one attached hydrogen (secondary N) is 2. The van der Waals surface area contributed by atoms with Gasteiger partial charge in [-0.05, 0) is 36.8 Å². The Bertz CT molecular complexity index is 713. The van der Waals surface area contributed by atoms with Crippen LogP contribution in [0.5, 0.6) is 17.2 Å². The van der Waals surface area contributed by atoms with Crippen LogP contribution >= 0.6 is 0 Å². The molecule has 5 nitrogen and oxygen atoms in total. The fourth-order valence-electron chi connectivity index (χ4n) is 3.83. The Balaban J connectivity index is 1.56. The molecule has 0 bridgehead atoms. The van der Waals surface area contributed by atoms with E-state index in [1.54, 1.807) is 31.1 Å². The lowest BCUT2D eigenvalue weighted by Gasteiger charge is -2.29. The van der Waals surface area contributed by atoms with Crippen molar-refractivity contribution in [3.8, 4) is 17.2 Å². The summed E-state index contributed by atoms with van der Waals surface area (Å²) in [5, 5.41) is 0. The number of aryl methyl sites for hydroxylation is 1. The second kappa shape index (κ2) is 9.11. The van der Waals surface area contributed by atoms with Gasteiger partial charge in [-0.25, -0.2) is 0 Å². The third-order valence-corrected chi connectivity index (χ3v) is 5.51. The number of quaternary nitrogens is 2. The van der Waals surface area contributed by atoms with Crippen molar-refractivity contribution in [3.05, 3.63) is 47.5 Å². The van der Waals surface area contributed by atoms with E-state index >= 15 is 0 Å². The summed E-state index contributed by atoms with van der Waals surface area (Å²) in [4.78, 5) is 3.27. The molecule has 0 aromatic heterocycles. The molecule has 27 heavy (non-hydrogen) atoms. The third-order valence-electron chi connectivity index (χ3n) is 5.51. The van der Waals surface area contributed by atoms with Crippen LogP contribution in [0.4, 0.5) is 5.69 Å². The number of benzene rings is 2. The van der Waals surface area contributed by atoms with Crippen LogP contribution in [0.15, 0.2) is 36.4 Å². The van der Waals surface area contributed by atoms with Crippen molar-refractivity contribution in [2.45, 2.75) is 13.3 Å². The van der Waals surface area contributed by atoms with Crippen LogP contribution in [0.25, 0.3) is 0 Å². The molecule has 1 aliphatic heterocycles. The molecule has 1 fully saturated rings. The number of methoxy groups -OCH3 is 3. The second-order valence-electron chi connectivity index (χ2n) is 7.25. The maximum Gasteiger partial charge on any atom is 0.203 e. The Morgan fingerprint density at radius 2 is 1.41 bits per heavy atom. The Labute approximate surface area is 162 Å². The molecule has 1 heterocycles. The van der Waals surface area contributed by atoms with E-state index in [4.69, 9.17) is 14.2 Å². The van der Waals surface area contributed by atoms with Crippen LogP contribution < -0.4 is 24.0 Å². The first-order chi connectivity index (χ1) is 13.1. The average molecular weight is 373 g/mol. The molecule has 0 aliphatic carbocycles. The lowest BCUT2D eigenvalue weighted by Crippen LogP contribution is -3.26. The van der Waals surface area contributed by atoms with E-state index in [1.807, 2.05) is 0 Å². The van der Waals surface area contributed by atoms with Gasteiger partial charge in [-0.15, -0.1) is 0 Å². The number of hydrogen-bond donors (Lipinski definition) is 2. The molecule has 2 aromatic rings. The number of hydrogen-bond acceptors (Lipinski definition) is 3. The normalized spacial score (nSPS) is 19.6. The fourth-order valence-corrected chi connectivity index (χ4v) is 3.83. The third kappa shape index (κ3) is 4.73. The molecule has 1 saturated heterocycles. The zero-order chi connectivity index (χ0) is 19.2. The van der Waals surface area contributed by atoms with Crippen LogP contribution in [0.2, 0.25) is 0 Å². The predicted octanol–water partition coefficient (Wildman–Crippen LogP) is 0.678. The maximum atomic E-state index is 5.47. The summed E-state index contributed by atoms with van der Waals surface area (Å²) in [6.07, 6.45) is 1.01. The first kappa shape index (κ1) is 19.5. The number of piperazine rings is 1. The highest BCUT2D eigenvalue weighted by molar-refractivity contribution is 5.53. The topological polar surface area (TPSA) is 36.6 Å². The van der Waals surface area contributed by atoms with Gasteiger partial charge in [0.1, 0.15) is 31.9 Å². The van der Waals surface area contributed by atoms with Gasteiger partial charge in [-0.1, -0.05) is 17.7 Å². The highest BCUT2D eigenvalue weighted by Gasteiger charge is 2.24. The lowest BCUT2D eigenvalue weighted by molar-refractivity contribution is -0.986. The highest BCUT2D eigenvalue weighted by Crippen LogP contribution is 2.38. The summed E-state index contributed by atoms with van der Waals surface area (Å²) in [7, 11) is 4.97. The van der Waals surface area contributed by atoms with Gasteiger partial charge in [-0.2, -0.15) is 0 Å². The summed E-state index contributed by atoms with van der Waals surface area (Å²) in [5.41, 5.74) is 3.97. The molecule has 0 amide bonds. The molecule has 0 radical (unpaired) electrons. The molecule has 2 N–H and O–H groups in total. The summed E-state index contributed by atoms with van der Waals surface area (Å²) in [5.74, 6) is 2.12. The summed E-state index contributed by atoms with van der Waals surface area (Å²) < 4.78 is 16.3. The van der Waals surface area contributed by atoms with E-state index in [2.05, 4.69) is 43.3 Å². The van der Waals surface area contributed by atoms with Crippen molar-refractivity contribution in [3.63, 3.8) is 0 Å². The SMILES string of the molecule is COc1cc(CC[NH+]2CC[NH+](c3ccc(C)cc3)CC2)cc(OC)c1OC. The van der Waals surface area contributed by atoms with Gasteiger partial charge in [0.15, 0.2) is 11.5 Å². The van der Waals surface area contributed by atoms with E-state index in [-0.39, 0.29) is 0 Å². The van der Waals surface area contributed by atoms with Crippen molar-refractivity contribution in [2.75, 3.05) is 54.1 Å². The van der Waals surface area contributed by atoms with Crippen LogP contribution in [0.1, 0.15) is 11.1 Å². The molecule has 146 valence electrons. The molecule has 0 spiro atoms. The summed E-state index contributed by atoms with van der Waals surface area (Å²) in [6, 6.07) is 13.1. The van der Waals surface area contributed by atoms with Crippen LogP contribution in [0, 0.1) is 6.92 Å². The summed E-state index contributed by atoms with van der Waals surface area (Å²) >= 11 is 0. The molecule has 0 atom stereocenters. The van der Waals surface area contributed by atoms with Crippen LogP contribution in [-0.4, -0.2) is 54.1 Å². The zero-order valence-electron chi connectivity index (χ0n) is 16.9. The van der Waals surface area contributed by atoms with E-state index in [9.17, 15) is 0 Å². The van der Waals surface area contributed by atoms with E-state index in [0.29, 0.717) is 5.75 Å². The van der Waals surface area contributed by atoms with Gasteiger partial charge in [0, 0.05) is 6.42 Å². The Kier molecular flexibility index (Phi) is 6.58. The minimum atomic E-state index is 0.659.